The Kier molecular flexibility index (Phi) is 5.56. The van der Waals surface area contributed by atoms with E-state index in [0.29, 0.717) is 5.56 Å². The second kappa shape index (κ2) is 7.30. The maximum absolute atomic E-state index is 12.9. The van der Waals surface area contributed by atoms with Gasteiger partial charge in [-0.1, -0.05) is 6.07 Å². The normalized spacial score (nSPS) is 22.1. The zero-order chi connectivity index (χ0) is 18.8. The molecule has 6 nitrogen and oxygen atoms in total. The highest BCUT2D eigenvalue weighted by Crippen LogP contribution is 2.37. The third kappa shape index (κ3) is 4.62. The fourth-order valence-electron chi connectivity index (χ4n) is 2.67. The molecule has 1 saturated heterocycles. The molecular weight excluding hydrogens is 339 g/mol. The van der Waals surface area contributed by atoms with Crippen LogP contribution in [0, 0.1) is 0 Å². The van der Waals surface area contributed by atoms with E-state index in [2.05, 4.69) is 16.0 Å². The molecule has 2 amide bonds. The molecule has 0 aliphatic carbocycles. The largest absolute Gasteiger partial charge is 0.496 e. The van der Waals surface area contributed by atoms with Gasteiger partial charge in [0.15, 0.2) is 0 Å². The molecule has 25 heavy (non-hydrogen) atoms. The summed E-state index contributed by atoms with van der Waals surface area (Å²) in [7, 11) is 1.16. The first-order valence-corrected chi connectivity index (χ1v) is 7.72. The minimum absolute atomic E-state index is 0.000768. The Morgan fingerprint density at radius 1 is 1.40 bits per heavy atom. The minimum atomic E-state index is -4.52. The highest BCUT2D eigenvalue weighted by atomic mass is 19.4. The summed E-state index contributed by atoms with van der Waals surface area (Å²) in [4.78, 5) is 23.8. The lowest BCUT2D eigenvalue weighted by Crippen LogP contribution is -2.59. The molecule has 3 N–H and O–H groups in total. The number of ether oxygens (including phenoxy) is 1. The van der Waals surface area contributed by atoms with Crippen LogP contribution < -0.4 is 20.7 Å². The van der Waals surface area contributed by atoms with Crippen LogP contribution >= 0.6 is 0 Å². The summed E-state index contributed by atoms with van der Waals surface area (Å²) in [5, 5.41) is 8.27. The number of rotatable bonds is 4. The van der Waals surface area contributed by atoms with E-state index in [1.165, 1.54) is 12.1 Å². The van der Waals surface area contributed by atoms with Gasteiger partial charge in [-0.15, -0.1) is 0 Å². The molecule has 1 aromatic rings. The molecule has 2 rings (SSSR count). The number of carbonyl (C=O) groups is 2. The molecule has 9 heteroatoms. The van der Waals surface area contributed by atoms with E-state index in [4.69, 9.17) is 4.74 Å². The highest BCUT2D eigenvalue weighted by molar-refractivity contribution is 5.89. The molecule has 1 heterocycles. The Hall–Kier alpha value is -2.29. The van der Waals surface area contributed by atoms with Gasteiger partial charge in [-0.25, -0.2) is 0 Å². The van der Waals surface area contributed by atoms with E-state index < -0.39 is 29.7 Å². The monoisotopic (exact) mass is 359 g/mol. The second-order valence-corrected chi connectivity index (χ2v) is 5.90. The number of amides is 2. The summed E-state index contributed by atoms with van der Waals surface area (Å²) < 4.78 is 43.5. The van der Waals surface area contributed by atoms with Gasteiger partial charge in [0, 0.05) is 0 Å². The fourth-order valence-corrected chi connectivity index (χ4v) is 2.67. The molecule has 1 aliphatic heterocycles. The van der Waals surface area contributed by atoms with Crippen molar-refractivity contribution < 1.29 is 27.5 Å². The van der Waals surface area contributed by atoms with E-state index in [-0.39, 0.29) is 24.2 Å². The van der Waals surface area contributed by atoms with Crippen LogP contribution in [0.3, 0.4) is 0 Å². The molecule has 0 spiro atoms. The Balaban J connectivity index is 2.11. The second-order valence-electron chi connectivity index (χ2n) is 5.90. The third-order valence-corrected chi connectivity index (χ3v) is 3.92. The van der Waals surface area contributed by atoms with Crippen LogP contribution in [0.4, 0.5) is 13.2 Å². The van der Waals surface area contributed by atoms with E-state index in [0.717, 1.165) is 13.2 Å². The number of carbonyl (C=O) groups excluding carboxylic acids is 2. The molecule has 0 aromatic heterocycles. The summed E-state index contributed by atoms with van der Waals surface area (Å²) in [5.74, 6) is -0.946. The van der Waals surface area contributed by atoms with Crippen LogP contribution in [-0.4, -0.2) is 31.1 Å². The molecule has 0 saturated carbocycles. The summed E-state index contributed by atoms with van der Waals surface area (Å²) in [5.41, 5.74) is -0.414. The maximum Gasteiger partial charge on any atom is 0.419 e. The van der Waals surface area contributed by atoms with Gasteiger partial charge in [0.2, 0.25) is 11.8 Å². The smallest absolute Gasteiger partial charge is 0.419 e. The van der Waals surface area contributed by atoms with Crippen LogP contribution in [0.5, 0.6) is 5.75 Å². The first-order valence-electron chi connectivity index (χ1n) is 7.72. The third-order valence-electron chi connectivity index (χ3n) is 3.92. The average molecular weight is 359 g/mol. The zero-order valence-corrected chi connectivity index (χ0v) is 14.0. The topological polar surface area (TPSA) is 79.5 Å². The first kappa shape index (κ1) is 19.0. The van der Waals surface area contributed by atoms with Crippen LogP contribution in [-0.2, 0) is 15.8 Å². The molecule has 0 bridgehead atoms. The van der Waals surface area contributed by atoms with Crippen molar-refractivity contribution in [1.29, 1.82) is 0 Å². The van der Waals surface area contributed by atoms with Crippen LogP contribution in [0.1, 0.15) is 37.4 Å². The standard InChI is InChI=1S/C16H20F3N3O3/c1-8(20-15(24)12-7-14(23)22-9(2)21-12)10-4-5-11(16(17,18)19)13(6-10)25-3/h4-6,8-9,12,21H,7H2,1-3H3,(H,20,24)(H,22,23). The Morgan fingerprint density at radius 3 is 2.64 bits per heavy atom. The van der Waals surface area contributed by atoms with Crippen molar-refractivity contribution in [2.75, 3.05) is 7.11 Å². The summed E-state index contributed by atoms with van der Waals surface area (Å²) in [6, 6.07) is 2.22. The number of hydrogen-bond donors (Lipinski definition) is 3. The molecule has 1 aromatic carbocycles. The van der Waals surface area contributed by atoms with Gasteiger partial charge in [0.05, 0.1) is 37.3 Å². The molecule has 3 unspecified atom stereocenters. The molecule has 0 radical (unpaired) electrons. The predicted molar refractivity (Wildman–Crippen MR) is 83.7 cm³/mol. The number of hydrogen-bond acceptors (Lipinski definition) is 4. The van der Waals surface area contributed by atoms with Gasteiger partial charge in [-0.2, -0.15) is 13.2 Å². The van der Waals surface area contributed by atoms with E-state index in [1.54, 1.807) is 13.8 Å². The van der Waals surface area contributed by atoms with Crippen molar-refractivity contribution in [3.05, 3.63) is 29.3 Å². The van der Waals surface area contributed by atoms with Crippen molar-refractivity contribution in [3.8, 4) is 5.75 Å². The molecule has 138 valence electrons. The molecule has 3 atom stereocenters. The highest BCUT2D eigenvalue weighted by Gasteiger charge is 2.35. The zero-order valence-electron chi connectivity index (χ0n) is 14.0. The molecular formula is C16H20F3N3O3. The number of methoxy groups -OCH3 is 1. The van der Waals surface area contributed by atoms with Crippen molar-refractivity contribution >= 4 is 11.8 Å². The fraction of sp³-hybridized carbons (Fsp3) is 0.500. The summed E-state index contributed by atoms with van der Waals surface area (Å²) >= 11 is 0. The van der Waals surface area contributed by atoms with Gasteiger partial charge in [0.25, 0.3) is 0 Å². The number of nitrogens with one attached hydrogen (secondary N) is 3. The molecule has 1 aliphatic rings. The summed E-state index contributed by atoms with van der Waals surface area (Å²) in [6.45, 7) is 3.35. The number of alkyl halides is 3. The van der Waals surface area contributed by atoms with Crippen molar-refractivity contribution in [1.82, 2.24) is 16.0 Å². The predicted octanol–water partition coefficient (Wildman–Crippen LogP) is 1.72. The average Bonchev–Trinajstić information content (AvgIpc) is 2.52. The van der Waals surface area contributed by atoms with Gasteiger partial charge in [0.1, 0.15) is 5.75 Å². The van der Waals surface area contributed by atoms with Crippen molar-refractivity contribution in [2.45, 2.75) is 44.7 Å². The maximum atomic E-state index is 12.9. The SMILES string of the molecule is COc1cc(C(C)NC(=O)C2CC(=O)NC(C)N2)ccc1C(F)(F)F. The van der Waals surface area contributed by atoms with E-state index >= 15 is 0 Å². The Bertz CT molecular complexity index is 664. The Morgan fingerprint density at radius 2 is 2.08 bits per heavy atom. The van der Waals surface area contributed by atoms with Gasteiger partial charge in [-0.05, 0) is 31.5 Å². The van der Waals surface area contributed by atoms with Gasteiger partial charge >= 0.3 is 6.18 Å². The molecule has 1 fully saturated rings. The van der Waals surface area contributed by atoms with E-state index in [9.17, 15) is 22.8 Å². The minimum Gasteiger partial charge on any atom is -0.496 e. The Labute approximate surface area is 143 Å². The van der Waals surface area contributed by atoms with Crippen LogP contribution in [0.25, 0.3) is 0 Å². The quantitative estimate of drug-likeness (QED) is 0.765. The lowest BCUT2D eigenvalue weighted by Gasteiger charge is -2.29. The first-order chi connectivity index (χ1) is 11.6. The lowest BCUT2D eigenvalue weighted by molar-refractivity contribution is -0.138. The van der Waals surface area contributed by atoms with Crippen LogP contribution in [0.2, 0.25) is 0 Å². The number of halogens is 3. The van der Waals surface area contributed by atoms with Crippen molar-refractivity contribution in [2.24, 2.45) is 0 Å². The van der Waals surface area contributed by atoms with Gasteiger partial charge < -0.3 is 15.4 Å². The lowest BCUT2D eigenvalue weighted by atomic mass is 10.0. The van der Waals surface area contributed by atoms with Gasteiger partial charge in [-0.3, -0.25) is 14.9 Å². The summed E-state index contributed by atoms with van der Waals surface area (Å²) in [6.07, 6.45) is -4.86. The number of benzene rings is 1. The van der Waals surface area contributed by atoms with Crippen molar-refractivity contribution in [3.63, 3.8) is 0 Å². The van der Waals surface area contributed by atoms with E-state index in [1.807, 2.05) is 0 Å². The van der Waals surface area contributed by atoms with Crippen LogP contribution in [0.15, 0.2) is 18.2 Å².